The Balaban J connectivity index is 2.21. The first-order valence-electron chi connectivity index (χ1n) is 6.23. The summed E-state index contributed by atoms with van der Waals surface area (Å²) >= 11 is 0. The maximum atomic E-state index is 2.42. The van der Waals surface area contributed by atoms with Crippen LogP contribution in [0.25, 0.3) is 0 Å². The average molecular weight is 202 g/mol. The van der Waals surface area contributed by atoms with Crippen LogP contribution in [0.1, 0.15) is 50.2 Å². The molecule has 0 heteroatoms. The molecule has 0 amide bonds. The first-order chi connectivity index (χ1) is 7.16. The summed E-state index contributed by atoms with van der Waals surface area (Å²) in [6.07, 6.45) is 4.20. The molecule has 0 nitrogen and oxygen atoms in total. The molecule has 0 spiro atoms. The summed E-state index contributed by atoms with van der Waals surface area (Å²) in [5, 5.41) is 0. The molecule has 0 radical (unpaired) electrons. The molecule has 0 bridgehead atoms. The van der Waals surface area contributed by atoms with Gasteiger partial charge in [-0.3, -0.25) is 0 Å². The first-order valence-corrected chi connectivity index (χ1v) is 6.23. The highest BCUT2D eigenvalue weighted by Gasteiger charge is 2.26. The Hall–Kier alpha value is -0.780. The average Bonchev–Trinajstić information content (AvgIpc) is 2.22. The van der Waals surface area contributed by atoms with Gasteiger partial charge in [0.05, 0.1) is 0 Å². The van der Waals surface area contributed by atoms with E-state index in [-0.39, 0.29) is 0 Å². The van der Waals surface area contributed by atoms with Crippen LogP contribution in [0.3, 0.4) is 0 Å². The Kier molecular flexibility index (Phi) is 3.14. The SMILES string of the molecule is Cc1cccc(C2CC(C)CCC2C)c1. The van der Waals surface area contributed by atoms with E-state index in [1.54, 1.807) is 5.56 Å². The molecular formula is C15H22. The first kappa shape index (κ1) is 10.7. The molecule has 0 heterocycles. The predicted molar refractivity (Wildman–Crippen MR) is 66.1 cm³/mol. The van der Waals surface area contributed by atoms with Crippen LogP contribution >= 0.6 is 0 Å². The minimum Gasteiger partial charge on any atom is -0.0625 e. The van der Waals surface area contributed by atoms with Crippen molar-refractivity contribution in [3.05, 3.63) is 35.4 Å². The van der Waals surface area contributed by atoms with Crippen LogP contribution < -0.4 is 0 Å². The lowest BCUT2D eigenvalue weighted by molar-refractivity contribution is 0.264. The molecule has 0 aromatic heterocycles. The monoisotopic (exact) mass is 202 g/mol. The van der Waals surface area contributed by atoms with Crippen LogP contribution in [0.5, 0.6) is 0 Å². The van der Waals surface area contributed by atoms with Gasteiger partial charge in [0, 0.05) is 0 Å². The molecule has 0 aliphatic heterocycles. The van der Waals surface area contributed by atoms with Gasteiger partial charge in [0.25, 0.3) is 0 Å². The second kappa shape index (κ2) is 4.38. The van der Waals surface area contributed by atoms with Crippen molar-refractivity contribution in [2.24, 2.45) is 11.8 Å². The van der Waals surface area contributed by atoms with E-state index in [0.717, 1.165) is 17.8 Å². The van der Waals surface area contributed by atoms with Gasteiger partial charge >= 0.3 is 0 Å². The third-order valence-electron chi connectivity index (χ3n) is 3.93. The molecule has 3 atom stereocenters. The molecule has 1 aromatic rings. The summed E-state index contributed by atoms with van der Waals surface area (Å²) in [6, 6.07) is 9.09. The van der Waals surface area contributed by atoms with Crippen molar-refractivity contribution in [1.82, 2.24) is 0 Å². The third-order valence-corrected chi connectivity index (χ3v) is 3.93. The van der Waals surface area contributed by atoms with E-state index in [9.17, 15) is 0 Å². The third kappa shape index (κ3) is 2.42. The highest BCUT2D eigenvalue weighted by molar-refractivity contribution is 5.26. The number of hydrogen-bond donors (Lipinski definition) is 0. The van der Waals surface area contributed by atoms with Gasteiger partial charge in [0.1, 0.15) is 0 Å². The maximum absolute atomic E-state index is 2.42. The van der Waals surface area contributed by atoms with E-state index >= 15 is 0 Å². The summed E-state index contributed by atoms with van der Waals surface area (Å²) in [6.45, 7) is 7.01. The number of benzene rings is 1. The Morgan fingerprint density at radius 2 is 1.93 bits per heavy atom. The van der Waals surface area contributed by atoms with E-state index in [0.29, 0.717) is 0 Å². The van der Waals surface area contributed by atoms with Crippen LogP contribution in [0, 0.1) is 18.8 Å². The second-order valence-electron chi connectivity index (χ2n) is 5.42. The molecule has 15 heavy (non-hydrogen) atoms. The molecule has 1 aromatic carbocycles. The molecule has 1 fully saturated rings. The van der Waals surface area contributed by atoms with Crippen LogP contribution in [-0.2, 0) is 0 Å². The van der Waals surface area contributed by atoms with Crippen molar-refractivity contribution in [2.75, 3.05) is 0 Å². The number of aryl methyl sites for hydroxylation is 1. The van der Waals surface area contributed by atoms with Gasteiger partial charge in [-0.05, 0) is 43.1 Å². The van der Waals surface area contributed by atoms with Gasteiger partial charge in [-0.25, -0.2) is 0 Å². The zero-order valence-corrected chi connectivity index (χ0v) is 10.2. The molecule has 3 unspecified atom stereocenters. The summed E-state index contributed by atoms with van der Waals surface area (Å²) in [7, 11) is 0. The molecule has 0 saturated heterocycles. The fraction of sp³-hybridized carbons (Fsp3) is 0.600. The van der Waals surface area contributed by atoms with E-state index < -0.39 is 0 Å². The lowest BCUT2D eigenvalue weighted by Crippen LogP contribution is -2.19. The molecule has 0 N–H and O–H groups in total. The smallest absolute Gasteiger partial charge is 0.0134 e. The number of hydrogen-bond acceptors (Lipinski definition) is 0. The minimum atomic E-state index is 0.800. The zero-order chi connectivity index (χ0) is 10.8. The maximum Gasteiger partial charge on any atom is -0.0134 e. The molecule has 1 saturated carbocycles. The van der Waals surface area contributed by atoms with Gasteiger partial charge in [0.15, 0.2) is 0 Å². The fourth-order valence-electron chi connectivity index (χ4n) is 2.90. The van der Waals surface area contributed by atoms with Crippen LogP contribution in [0.2, 0.25) is 0 Å². The summed E-state index contributed by atoms with van der Waals surface area (Å²) < 4.78 is 0. The second-order valence-corrected chi connectivity index (χ2v) is 5.42. The van der Waals surface area contributed by atoms with Crippen LogP contribution in [0.15, 0.2) is 24.3 Å². The summed E-state index contributed by atoms with van der Waals surface area (Å²) in [4.78, 5) is 0. The standard InChI is InChI=1S/C15H22/c1-11-5-4-6-14(9-11)15-10-12(2)7-8-13(15)3/h4-6,9,12-13,15H,7-8,10H2,1-3H3. The van der Waals surface area contributed by atoms with E-state index in [1.165, 1.54) is 24.8 Å². The van der Waals surface area contributed by atoms with Crippen molar-refractivity contribution in [1.29, 1.82) is 0 Å². The minimum absolute atomic E-state index is 0.800. The Bertz CT molecular complexity index is 327. The molecule has 1 aliphatic carbocycles. The largest absolute Gasteiger partial charge is 0.0625 e. The molecule has 2 rings (SSSR count). The van der Waals surface area contributed by atoms with Crippen molar-refractivity contribution in [3.63, 3.8) is 0 Å². The van der Waals surface area contributed by atoms with Gasteiger partial charge < -0.3 is 0 Å². The van der Waals surface area contributed by atoms with Gasteiger partial charge in [-0.2, -0.15) is 0 Å². The van der Waals surface area contributed by atoms with E-state index in [1.807, 2.05) is 0 Å². The zero-order valence-electron chi connectivity index (χ0n) is 10.2. The van der Waals surface area contributed by atoms with Crippen molar-refractivity contribution < 1.29 is 0 Å². The van der Waals surface area contributed by atoms with Crippen LogP contribution in [0.4, 0.5) is 0 Å². The van der Waals surface area contributed by atoms with E-state index in [4.69, 9.17) is 0 Å². The summed E-state index contributed by atoms with van der Waals surface area (Å²) in [5.74, 6) is 2.57. The Labute approximate surface area is 93.7 Å². The Morgan fingerprint density at radius 3 is 2.67 bits per heavy atom. The van der Waals surface area contributed by atoms with Crippen molar-refractivity contribution in [2.45, 2.75) is 46.0 Å². The fourth-order valence-corrected chi connectivity index (χ4v) is 2.90. The predicted octanol–water partition coefficient (Wildman–Crippen LogP) is 4.53. The van der Waals surface area contributed by atoms with Crippen molar-refractivity contribution in [3.8, 4) is 0 Å². The topological polar surface area (TPSA) is 0 Å². The van der Waals surface area contributed by atoms with Crippen molar-refractivity contribution >= 4 is 0 Å². The van der Waals surface area contributed by atoms with Crippen LogP contribution in [-0.4, -0.2) is 0 Å². The van der Waals surface area contributed by atoms with E-state index in [2.05, 4.69) is 45.0 Å². The van der Waals surface area contributed by atoms with Gasteiger partial charge in [-0.1, -0.05) is 50.1 Å². The Morgan fingerprint density at radius 1 is 1.13 bits per heavy atom. The lowest BCUT2D eigenvalue weighted by atomic mass is 9.72. The summed E-state index contributed by atoms with van der Waals surface area (Å²) in [5.41, 5.74) is 2.96. The highest BCUT2D eigenvalue weighted by atomic mass is 14.3. The normalized spacial score (nSPS) is 31.5. The number of rotatable bonds is 1. The molecule has 82 valence electrons. The highest BCUT2D eigenvalue weighted by Crippen LogP contribution is 2.40. The molecule has 1 aliphatic rings. The lowest BCUT2D eigenvalue weighted by Gasteiger charge is -2.33. The van der Waals surface area contributed by atoms with Gasteiger partial charge in [-0.15, -0.1) is 0 Å². The quantitative estimate of drug-likeness (QED) is 0.627. The van der Waals surface area contributed by atoms with Gasteiger partial charge in [0.2, 0.25) is 0 Å². The molecular weight excluding hydrogens is 180 g/mol.